The van der Waals surface area contributed by atoms with Gasteiger partial charge < -0.3 is 9.45 Å². The lowest BCUT2D eigenvalue weighted by atomic mass is 9.81. The van der Waals surface area contributed by atoms with Gasteiger partial charge in [-0.15, -0.1) is 0 Å². The van der Waals surface area contributed by atoms with Crippen LogP contribution in [0, 0.1) is 0 Å². The van der Waals surface area contributed by atoms with E-state index in [1.807, 2.05) is 0 Å². The Balaban J connectivity index is 0.000000501. The van der Waals surface area contributed by atoms with Crippen LogP contribution >= 0.6 is 0 Å². The maximum atomic E-state index is 9.22. The van der Waals surface area contributed by atoms with Gasteiger partial charge in [-0.3, -0.25) is 4.18 Å². The topological polar surface area (TPSA) is 72.7 Å². The van der Waals surface area contributed by atoms with Gasteiger partial charge in [-0.2, -0.15) is 4.58 Å². The molecule has 0 aliphatic carbocycles. The Hall–Kier alpha value is -2.48. The quantitative estimate of drug-likeness (QED) is 0.376. The van der Waals surface area contributed by atoms with Crippen LogP contribution in [0.2, 0.25) is 0 Å². The molecule has 2 aromatic carbocycles. The molecule has 1 heterocycles. The van der Waals surface area contributed by atoms with Crippen LogP contribution in [-0.2, 0) is 20.0 Å². The molecule has 0 bridgehead atoms. The third kappa shape index (κ3) is 6.03. The first kappa shape index (κ1) is 24.8. The Morgan fingerprint density at radius 1 is 1.03 bits per heavy atom. The SMILES string of the molecule is CCN(CC)c1ccc(/C=C/C2=[N+](C)c3ccccc3C2(C)C)cc1.COS(=O)(=O)[O-]. The van der Waals surface area contributed by atoms with Crippen LogP contribution in [0.3, 0.4) is 0 Å². The summed E-state index contributed by atoms with van der Waals surface area (Å²) in [5.41, 5.74) is 6.60. The number of nitrogens with zero attached hydrogens (tertiary/aromatic N) is 2. The van der Waals surface area contributed by atoms with Crippen molar-refractivity contribution < 1.29 is 21.7 Å². The van der Waals surface area contributed by atoms with Crippen molar-refractivity contribution in [1.82, 2.24) is 0 Å². The van der Waals surface area contributed by atoms with Gasteiger partial charge in [0.25, 0.3) is 0 Å². The standard InChI is InChI=1S/C23H29N2.CH4O4S/c1-6-25(7-2)19-15-12-18(13-16-19)14-17-22-23(3,4)20-10-8-9-11-21(20)24(22)5;1-5-6(2,3)4/h8-17H,6-7H2,1-5H3;1H3,(H,2,3,4)/q+1;/p-1. The molecule has 0 fully saturated rings. The molecule has 6 nitrogen and oxygen atoms in total. The van der Waals surface area contributed by atoms with Crippen molar-refractivity contribution in [2.45, 2.75) is 33.1 Å². The minimum Gasteiger partial charge on any atom is -0.726 e. The summed E-state index contributed by atoms with van der Waals surface area (Å²) in [4.78, 5) is 2.37. The van der Waals surface area contributed by atoms with E-state index in [0.717, 1.165) is 20.2 Å². The van der Waals surface area contributed by atoms with Crippen LogP contribution in [0.5, 0.6) is 0 Å². The number of hydrogen-bond acceptors (Lipinski definition) is 5. The molecule has 0 saturated heterocycles. The monoisotopic (exact) mass is 444 g/mol. The summed E-state index contributed by atoms with van der Waals surface area (Å²) < 4.78 is 33.3. The summed E-state index contributed by atoms with van der Waals surface area (Å²) >= 11 is 0. The second-order valence-corrected chi connectivity index (χ2v) is 8.91. The molecule has 0 amide bonds. The first-order valence-electron chi connectivity index (χ1n) is 10.3. The van der Waals surface area contributed by atoms with Crippen molar-refractivity contribution in [1.29, 1.82) is 0 Å². The molecule has 3 rings (SSSR count). The molecule has 2 aromatic rings. The van der Waals surface area contributed by atoms with E-state index in [4.69, 9.17) is 0 Å². The Kier molecular flexibility index (Phi) is 8.17. The lowest BCUT2D eigenvalue weighted by Crippen LogP contribution is -2.26. The zero-order valence-corrected chi connectivity index (χ0v) is 19.9. The van der Waals surface area contributed by atoms with Crippen LogP contribution in [0.1, 0.15) is 38.8 Å². The fourth-order valence-electron chi connectivity index (χ4n) is 3.86. The molecule has 0 aromatic heterocycles. The van der Waals surface area contributed by atoms with Crippen molar-refractivity contribution in [3.8, 4) is 0 Å². The van der Waals surface area contributed by atoms with Crippen molar-refractivity contribution in [2.75, 3.05) is 32.1 Å². The predicted molar refractivity (Wildman–Crippen MR) is 126 cm³/mol. The normalized spacial score (nSPS) is 14.9. The third-order valence-corrected chi connectivity index (χ3v) is 6.01. The summed E-state index contributed by atoms with van der Waals surface area (Å²) in [6, 6.07) is 17.5. The van der Waals surface area contributed by atoms with Crippen LogP contribution < -0.4 is 4.90 Å². The highest BCUT2D eigenvalue weighted by atomic mass is 32.3. The molecular formula is C24H32N2O4S. The molecule has 31 heavy (non-hydrogen) atoms. The maximum Gasteiger partial charge on any atom is 0.217 e. The van der Waals surface area contributed by atoms with Crippen molar-refractivity contribution in [3.05, 3.63) is 65.7 Å². The molecule has 0 radical (unpaired) electrons. The maximum absolute atomic E-state index is 9.22. The third-order valence-electron chi connectivity index (χ3n) is 5.60. The van der Waals surface area contributed by atoms with Gasteiger partial charge in [-0.25, -0.2) is 8.42 Å². The van der Waals surface area contributed by atoms with Crippen molar-refractivity contribution in [2.24, 2.45) is 0 Å². The van der Waals surface area contributed by atoms with E-state index < -0.39 is 10.4 Å². The van der Waals surface area contributed by atoms with Gasteiger partial charge in [0, 0.05) is 36.5 Å². The van der Waals surface area contributed by atoms with Crippen molar-refractivity contribution in [3.63, 3.8) is 0 Å². The lowest BCUT2D eigenvalue weighted by Gasteiger charge is -2.20. The van der Waals surface area contributed by atoms with Crippen LogP contribution in [0.25, 0.3) is 6.08 Å². The molecule has 1 aliphatic heterocycles. The summed E-state index contributed by atoms with van der Waals surface area (Å²) in [7, 11) is -1.44. The van der Waals surface area contributed by atoms with Gasteiger partial charge in [0.05, 0.1) is 12.5 Å². The molecule has 7 heteroatoms. The van der Waals surface area contributed by atoms with Gasteiger partial charge in [0.15, 0.2) is 5.71 Å². The first-order valence-corrected chi connectivity index (χ1v) is 11.6. The molecule has 0 saturated carbocycles. The Bertz CT molecular complexity index is 1050. The fourth-order valence-corrected chi connectivity index (χ4v) is 3.86. The number of benzene rings is 2. The average molecular weight is 445 g/mol. The van der Waals surface area contributed by atoms with Crippen LogP contribution in [0.15, 0.2) is 54.6 Å². The van der Waals surface area contributed by atoms with E-state index in [1.165, 1.54) is 28.2 Å². The minimum absolute atomic E-state index is 0.0308. The van der Waals surface area contributed by atoms with Crippen molar-refractivity contribution >= 4 is 33.6 Å². The number of rotatable bonds is 6. The first-order chi connectivity index (χ1) is 14.5. The summed E-state index contributed by atoms with van der Waals surface area (Å²) in [5, 5.41) is 0. The van der Waals surface area contributed by atoms with Crippen LogP contribution in [0.4, 0.5) is 11.4 Å². The van der Waals surface area contributed by atoms with Gasteiger partial charge in [0.1, 0.15) is 7.05 Å². The number of para-hydroxylation sites is 1. The van der Waals surface area contributed by atoms with E-state index in [1.54, 1.807) is 0 Å². The second kappa shape index (κ2) is 10.2. The minimum atomic E-state index is -4.41. The Morgan fingerprint density at radius 3 is 2.06 bits per heavy atom. The van der Waals surface area contributed by atoms with Gasteiger partial charge >= 0.3 is 0 Å². The average Bonchev–Trinajstić information content (AvgIpc) is 2.94. The fraction of sp³-hybridized carbons (Fsp3) is 0.375. The highest BCUT2D eigenvalue weighted by Crippen LogP contribution is 2.39. The van der Waals surface area contributed by atoms with E-state index in [9.17, 15) is 13.0 Å². The van der Waals surface area contributed by atoms with Gasteiger partial charge in [-0.05, 0) is 51.5 Å². The molecule has 0 atom stereocenters. The van der Waals surface area contributed by atoms with E-state index in [0.29, 0.717) is 0 Å². The molecule has 0 unspecified atom stereocenters. The van der Waals surface area contributed by atoms with E-state index in [-0.39, 0.29) is 5.41 Å². The molecular weight excluding hydrogens is 412 g/mol. The molecule has 1 aliphatic rings. The lowest BCUT2D eigenvalue weighted by molar-refractivity contribution is -0.401. The second-order valence-electron chi connectivity index (χ2n) is 7.76. The van der Waals surface area contributed by atoms with Gasteiger partial charge in [-0.1, -0.05) is 30.3 Å². The number of anilines is 1. The smallest absolute Gasteiger partial charge is 0.217 e. The molecule has 168 valence electrons. The number of allylic oxidation sites excluding steroid dienone is 1. The zero-order chi connectivity index (χ0) is 23.2. The number of fused-ring (bicyclic) bond motifs is 1. The Morgan fingerprint density at radius 2 is 1.58 bits per heavy atom. The molecule has 0 spiro atoms. The Labute approximate surface area is 186 Å². The summed E-state index contributed by atoms with van der Waals surface area (Å²) in [5.74, 6) is 0. The highest BCUT2D eigenvalue weighted by molar-refractivity contribution is 7.80. The van der Waals surface area contributed by atoms with E-state index >= 15 is 0 Å². The van der Waals surface area contributed by atoms with Crippen LogP contribution in [-0.4, -0.2) is 50.5 Å². The zero-order valence-electron chi connectivity index (χ0n) is 19.1. The summed E-state index contributed by atoms with van der Waals surface area (Å²) in [6.07, 6.45) is 4.50. The van der Waals surface area contributed by atoms with E-state index in [2.05, 4.69) is 109 Å². The number of hydrogen-bond donors (Lipinski definition) is 0. The molecule has 0 N–H and O–H groups in total. The largest absolute Gasteiger partial charge is 0.726 e. The summed E-state index contributed by atoms with van der Waals surface area (Å²) in [6.45, 7) is 11.1. The highest BCUT2D eigenvalue weighted by Gasteiger charge is 2.42. The van der Waals surface area contributed by atoms with Gasteiger partial charge in [0.2, 0.25) is 16.1 Å². The predicted octanol–water partition coefficient (Wildman–Crippen LogP) is 4.35.